The van der Waals surface area contributed by atoms with E-state index in [2.05, 4.69) is 37.8 Å². The number of carboxylic acid groups (broad SMARTS) is 1. The zero-order chi connectivity index (χ0) is 15.6. The second-order valence-corrected chi connectivity index (χ2v) is 6.49. The molecule has 0 saturated heterocycles. The standard InChI is InChI=1S/C17H25NO3/c1-12-11-17(2,3)18(9-5-6-16(19)20)15-8-7-13(21-4)10-14(12)15/h7-8,10,12H,5-6,9,11H2,1-4H3,(H,19,20). The summed E-state index contributed by atoms with van der Waals surface area (Å²) in [6, 6.07) is 6.20. The number of aliphatic carboxylic acids is 1. The number of carbonyl (C=O) groups is 1. The summed E-state index contributed by atoms with van der Waals surface area (Å²) < 4.78 is 5.33. The fourth-order valence-electron chi connectivity index (χ4n) is 3.41. The van der Waals surface area contributed by atoms with Gasteiger partial charge in [-0.15, -0.1) is 0 Å². The molecule has 0 bridgehead atoms. The molecule has 1 N–H and O–H groups in total. The molecule has 21 heavy (non-hydrogen) atoms. The van der Waals surface area contributed by atoms with E-state index in [1.807, 2.05) is 6.07 Å². The van der Waals surface area contributed by atoms with Crippen molar-refractivity contribution in [1.82, 2.24) is 0 Å². The molecule has 116 valence electrons. The molecule has 1 aromatic carbocycles. The first-order valence-electron chi connectivity index (χ1n) is 7.52. The van der Waals surface area contributed by atoms with Crippen LogP contribution in [0.4, 0.5) is 5.69 Å². The fourth-order valence-corrected chi connectivity index (χ4v) is 3.41. The number of ether oxygens (including phenoxy) is 1. The van der Waals surface area contributed by atoms with E-state index in [1.54, 1.807) is 7.11 Å². The first-order chi connectivity index (χ1) is 9.85. The van der Waals surface area contributed by atoms with Gasteiger partial charge in [0.25, 0.3) is 0 Å². The van der Waals surface area contributed by atoms with Crippen LogP contribution in [0.2, 0.25) is 0 Å². The Hall–Kier alpha value is -1.71. The highest BCUT2D eigenvalue weighted by molar-refractivity contribution is 5.67. The molecule has 1 atom stereocenters. The van der Waals surface area contributed by atoms with E-state index >= 15 is 0 Å². The first kappa shape index (κ1) is 15.7. The molecule has 1 heterocycles. The second kappa shape index (κ2) is 5.96. The van der Waals surface area contributed by atoms with Gasteiger partial charge in [0, 0.05) is 24.2 Å². The van der Waals surface area contributed by atoms with Crippen molar-refractivity contribution < 1.29 is 14.6 Å². The van der Waals surface area contributed by atoms with Crippen molar-refractivity contribution >= 4 is 11.7 Å². The minimum Gasteiger partial charge on any atom is -0.497 e. The molecular formula is C17H25NO3. The van der Waals surface area contributed by atoms with Gasteiger partial charge < -0.3 is 14.7 Å². The Bertz CT molecular complexity index is 525. The van der Waals surface area contributed by atoms with Crippen LogP contribution < -0.4 is 9.64 Å². The molecule has 0 aromatic heterocycles. The van der Waals surface area contributed by atoms with Gasteiger partial charge in [0.15, 0.2) is 0 Å². The lowest BCUT2D eigenvalue weighted by molar-refractivity contribution is -0.137. The van der Waals surface area contributed by atoms with Gasteiger partial charge in [-0.25, -0.2) is 0 Å². The predicted octanol–water partition coefficient (Wildman–Crippen LogP) is 3.65. The number of methoxy groups -OCH3 is 1. The van der Waals surface area contributed by atoms with Gasteiger partial charge in [-0.05, 0) is 56.4 Å². The zero-order valence-corrected chi connectivity index (χ0v) is 13.3. The SMILES string of the molecule is COc1ccc2c(c1)C(C)CC(C)(C)N2CCCC(=O)O. The van der Waals surface area contributed by atoms with E-state index < -0.39 is 5.97 Å². The van der Waals surface area contributed by atoms with Crippen molar-refractivity contribution in [1.29, 1.82) is 0 Å². The van der Waals surface area contributed by atoms with E-state index in [9.17, 15) is 4.79 Å². The number of hydrogen-bond donors (Lipinski definition) is 1. The number of fused-ring (bicyclic) bond motifs is 1. The van der Waals surface area contributed by atoms with Gasteiger partial charge in [0.05, 0.1) is 7.11 Å². The number of hydrogen-bond acceptors (Lipinski definition) is 3. The maximum Gasteiger partial charge on any atom is 0.303 e. The summed E-state index contributed by atoms with van der Waals surface area (Å²) in [5.41, 5.74) is 2.55. The third kappa shape index (κ3) is 3.31. The smallest absolute Gasteiger partial charge is 0.303 e. The molecule has 0 saturated carbocycles. The van der Waals surface area contributed by atoms with Crippen LogP contribution in [0.15, 0.2) is 18.2 Å². The summed E-state index contributed by atoms with van der Waals surface area (Å²) in [5.74, 6) is 0.625. The van der Waals surface area contributed by atoms with Crippen LogP contribution in [0, 0.1) is 0 Å². The molecule has 1 aromatic rings. The van der Waals surface area contributed by atoms with Crippen LogP contribution in [0.3, 0.4) is 0 Å². The Kier molecular flexibility index (Phi) is 4.45. The molecule has 1 aliphatic heterocycles. The van der Waals surface area contributed by atoms with Crippen molar-refractivity contribution in [3.63, 3.8) is 0 Å². The lowest BCUT2D eigenvalue weighted by atomic mass is 9.80. The van der Waals surface area contributed by atoms with Gasteiger partial charge in [-0.1, -0.05) is 6.92 Å². The molecular weight excluding hydrogens is 266 g/mol. The number of benzene rings is 1. The van der Waals surface area contributed by atoms with Gasteiger partial charge >= 0.3 is 5.97 Å². The van der Waals surface area contributed by atoms with Crippen LogP contribution in [-0.4, -0.2) is 30.3 Å². The van der Waals surface area contributed by atoms with Crippen LogP contribution >= 0.6 is 0 Å². The van der Waals surface area contributed by atoms with Gasteiger partial charge in [0.1, 0.15) is 5.75 Å². The third-order valence-electron chi connectivity index (χ3n) is 4.37. The number of nitrogens with zero attached hydrogens (tertiary/aromatic N) is 1. The van der Waals surface area contributed by atoms with Crippen molar-refractivity contribution in [3.8, 4) is 5.75 Å². The van der Waals surface area contributed by atoms with Crippen LogP contribution in [-0.2, 0) is 4.79 Å². The van der Waals surface area contributed by atoms with Crippen molar-refractivity contribution in [2.75, 3.05) is 18.6 Å². The van der Waals surface area contributed by atoms with Crippen molar-refractivity contribution in [3.05, 3.63) is 23.8 Å². The largest absolute Gasteiger partial charge is 0.497 e. The molecule has 1 aliphatic rings. The monoisotopic (exact) mass is 291 g/mol. The zero-order valence-electron chi connectivity index (χ0n) is 13.3. The summed E-state index contributed by atoms with van der Waals surface area (Å²) in [6.45, 7) is 7.48. The lowest BCUT2D eigenvalue weighted by Crippen LogP contribution is -2.48. The van der Waals surface area contributed by atoms with E-state index in [-0.39, 0.29) is 12.0 Å². The summed E-state index contributed by atoms with van der Waals surface area (Å²) in [7, 11) is 1.68. The topological polar surface area (TPSA) is 49.8 Å². The highest BCUT2D eigenvalue weighted by Crippen LogP contribution is 2.44. The van der Waals surface area contributed by atoms with Crippen molar-refractivity contribution in [2.24, 2.45) is 0 Å². The van der Waals surface area contributed by atoms with E-state index in [0.717, 1.165) is 18.7 Å². The highest BCUT2D eigenvalue weighted by atomic mass is 16.5. The maximum atomic E-state index is 10.7. The molecule has 1 unspecified atom stereocenters. The van der Waals surface area contributed by atoms with Crippen LogP contribution in [0.1, 0.15) is 51.5 Å². The predicted molar refractivity (Wildman–Crippen MR) is 84.3 cm³/mol. The van der Waals surface area contributed by atoms with Gasteiger partial charge in [-0.3, -0.25) is 4.79 Å². The van der Waals surface area contributed by atoms with Crippen LogP contribution in [0.25, 0.3) is 0 Å². The van der Waals surface area contributed by atoms with Gasteiger partial charge in [0.2, 0.25) is 0 Å². The quantitative estimate of drug-likeness (QED) is 0.899. The van der Waals surface area contributed by atoms with Crippen LogP contribution in [0.5, 0.6) is 5.75 Å². The maximum absolute atomic E-state index is 10.7. The molecule has 0 spiro atoms. The van der Waals surface area contributed by atoms with E-state index in [4.69, 9.17) is 9.84 Å². The summed E-state index contributed by atoms with van der Waals surface area (Å²) in [6.07, 6.45) is 1.94. The molecule has 0 radical (unpaired) electrons. The van der Waals surface area contributed by atoms with E-state index in [1.165, 1.54) is 11.3 Å². The molecule has 0 amide bonds. The summed E-state index contributed by atoms with van der Waals surface area (Å²) in [4.78, 5) is 13.1. The lowest BCUT2D eigenvalue weighted by Gasteiger charge is -2.47. The van der Waals surface area contributed by atoms with Gasteiger partial charge in [-0.2, -0.15) is 0 Å². The normalized spacial score (nSPS) is 20.0. The molecule has 0 aliphatic carbocycles. The minimum atomic E-state index is -0.729. The molecule has 4 nitrogen and oxygen atoms in total. The third-order valence-corrected chi connectivity index (χ3v) is 4.37. The average Bonchev–Trinajstić information content (AvgIpc) is 2.41. The Labute approximate surface area is 126 Å². The summed E-state index contributed by atoms with van der Waals surface area (Å²) in [5, 5.41) is 8.84. The highest BCUT2D eigenvalue weighted by Gasteiger charge is 2.36. The first-order valence-corrected chi connectivity index (χ1v) is 7.52. The minimum absolute atomic E-state index is 0.0412. The Morgan fingerprint density at radius 2 is 2.19 bits per heavy atom. The number of anilines is 1. The molecule has 2 rings (SSSR count). The fraction of sp³-hybridized carbons (Fsp3) is 0.588. The summed E-state index contributed by atoms with van der Waals surface area (Å²) >= 11 is 0. The van der Waals surface area contributed by atoms with E-state index in [0.29, 0.717) is 12.3 Å². The van der Waals surface area contributed by atoms with Crippen molar-refractivity contribution in [2.45, 2.75) is 51.5 Å². The Balaban J connectivity index is 2.30. The molecule has 0 fully saturated rings. The Morgan fingerprint density at radius 3 is 2.81 bits per heavy atom. The Morgan fingerprint density at radius 1 is 1.48 bits per heavy atom. The second-order valence-electron chi connectivity index (χ2n) is 6.49. The number of carboxylic acids is 1. The average molecular weight is 291 g/mol. The molecule has 4 heteroatoms. The number of rotatable bonds is 5.